The van der Waals surface area contributed by atoms with Crippen molar-refractivity contribution in [3.05, 3.63) is 29.3 Å². The quantitative estimate of drug-likeness (QED) is 0.764. The molecule has 0 aliphatic carbocycles. The average Bonchev–Trinajstić information content (AvgIpc) is 2.30. The van der Waals surface area contributed by atoms with Gasteiger partial charge in [-0.15, -0.1) is 0 Å². The van der Waals surface area contributed by atoms with Gasteiger partial charge >= 0.3 is 0 Å². The summed E-state index contributed by atoms with van der Waals surface area (Å²) in [5, 5.41) is 13.0. The number of rotatable bonds is 4. The third kappa shape index (κ3) is 2.54. The molecule has 3 heteroatoms. The number of methoxy groups -OCH3 is 1. The fourth-order valence-electron chi connectivity index (χ4n) is 2.31. The Hall–Kier alpha value is -1.06. The van der Waals surface area contributed by atoms with E-state index in [9.17, 15) is 5.11 Å². The zero-order chi connectivity index (χ0) is 11.4. The minimum atomic E-state index is 0.360. The minimum Gasteiger partial charge on any atom is -0.508 e. The van der Waals surface area contributed by atoms with Gasteiger partial charge in [-0.3, -0.25) is 0 Å². The van der Waals surface area contributed by atoms with Crippen molar-refractivity contribution in [2.45, 2.75) is 25.3 Å². The average molecular weight is 221 g/mol. The fourth-order valence-corrected chi connectivity index (χ4v) is 2.31. The van der Waals surface area contributed by atoms with Crippen molar-refractivity contribution >= 4 is 0 Å². The largest absolute Gasteiger partial charge is 0.508 e. The minimum absolute atomic E-state index is 0.360. The van der Waals surface area contributed by atoms with E-state index in [1.807, 2.05) is 12.1 Å². The molecule has 88 valence electrons. The molecule has 1 aromatic carbocycles. The molecule has 1 aliphatic rings. The monoisotopic (exact) mass is 221 g/mol. The molecule has 1 aliphatic heterocycles. The first-order valence-corrected chi connectivity index (χ1v) is 5.85. The van der Waals surface area contributed by atoms with Gasteiger partial charge in [0.1, 0.15) is 5.75 Å². The van der Waals surface area contributed by atoms with Crippen LogP contribution in [0.3, 0.4) is 0 Å². The summed E-state index contributed by atoms with van der Waals surface area (Å²) in [7, 11) is 1.73. The van der Waals surface area contributed by atoms with Crippen molar-refractivity contribution in [1.29, 1.82) is 0 Å². The van der Waals surface area contributed by atoms with Crippen molar-refractivity contribution < 1.29 is 9.84 Å². The van der Waals surface area contributed by atoms with E-state index in [2.05, 4.69) is 5.32 Å². The van der Waals surface area contributed by atoms with Crippen molar-refractivity contribution in [3.63, 3.8) is 0 Å². The Morgan fingerprint density at radius 3 is 3.19 bits per heavy atom. The van der Waals surface area contributed by atoms with Gasteiger partial charge in [0.25, 0.3) is 0 Å². The molecule has 1 aromatic rings. The molecular formula is C13H19NO2. The van der Waals surface area contributed by atoms with E-state index < -0.39 is 0 Å². The van der Waals surface area contributed by atoms with Crippen LogP contribution in [0.2, 0.25) is 0 Å². The molecule has 1 unspecified atom stereocenters. The standard InChI is InChI=1S/C13H19NO2/c1-16-8-2-3-13-12-9-11(15)5-4-10(12)6-7-14-13/h4-5,9,13-15H,2-3,6-8H2,1H3. The summed E-state index contributed by atoms with van der Waals surface area (Å²) >= 11 is 0. The molecule has 0 aromatic heterocycles. The lowest BCUT2D eigenvalue weighted by Gasteiger charge is -2.27. The van der Waals surface area contributed by atoms with Crippen molar-refractivity contribution in [2.75, 3.05) is 20.3 Å². The van der Waals surface area contributed by atoms with Crippen LogP contribution in [0.1, 0.15) is 30.0 Å². The summed E-state index contributed by atoms with van der Waals surface area (Å²) in [5.74, 6) is 0.360. The molecule has 0 spiro atoms. The molecule has 0 amide bonds. The molecular weight excluding hydrogens is 202 g/mol. The second kappa shape index (κ2) is 5.32. The molecule has 3 nitrogen and oxygen atoms in total. The van der Waals surface area contributed by atoms with E-state index in [0.717, 1.165) is 32.4 Å². The van der Waals surface area contributed by atoms with Gasteiger partial charge in [0.15, 0.2) is 0 Å². The highest BCUT2D eigenvalue weighted by Gasteiger charge is 2.19. The Kier molecular flexibility index (Phi) is 3.80. The van der Waals surface area contributed by atoms with E-state index >= 15 is 0 Å². The van der Waals surface area contributed by atoms with Crippen LogP contribution in [0.4, 0.5) is 0 Å². The van der Waals surface area contributed by atoms with Crippen LogP contribution in [-0.2, 0) is 11.2 Å². The second-order valence-electron chi connectivity index (χ2n) is 4.27. The molecule has 0 bridgehead atoms. The van der Waals surface area contributed by atoms with Crippen LogP contribution >= 0.6 is 0 Å². The zero-order valence-corrected chi connectivity index (χ0v) is 9.70. The van der Waals surface area contributed by atoms with Gasteiger partial charge in [0.05, 0.1) is 0 Å². The Labute approximate surface area is 96.4 Å². The van der Waals surface area contributed by atoms with Gasteiger partial charge in [-0.25, -0.2) is 0 Å². The normalized spacial score (nSPS) is 19.4. The molecule has 16 heavy (non-hydrogen) atoms. The maximum atomic E-state index is 9.53. The molecule has 0 saturated carbocycles. The highest BCUT2D eigenvalue weighted by molar-refractivity contribution is 5.38. The summed E-state index contributed by atoms with van der Waals surface area (Å²) in [6.45, 7) is 1.82. The molecule has 2 N–H and O–H groups in total. The SMILES string of the molecule is COCCCC1NCCc2ccc(O)cc21. The summed E-state index contributed by atoms with van der Waals surface area (Å²) in [4.78, 5) is 0. The first-order chi connectivity index (χ1) is 7.81. The summed E-state index contributed by atoms with van der Waals surface area (Å²) < 4.78 is 5.07. The molecule has 1 heterocycles. The van der Waals surface area contributed by atoms with Crippen LogP contribution in [0.25, 0.3) is 0 Å². The number of ether oxygens (including phenoxy) is 1. The number of benzene rings is 1. The number of hydrogen-bond donors (Lipinski definition) is 2. The van der Waals surface area contributed by atoms with E-state index in [0.29, 0.717) is 11.8 Å². The third-order valence-electron chi connectivity index (χ3n) is 3.13. The molecule has 0 saturated heterocycles. The smallest absolute Gasteiger partial charge is 0.115 e. The maximum Gasteiger partial charge on any atom is 0.115 e. The lowest BCUT2D eigenvalue weighted by molar-refractivity contribution is 0.188. The lowest BCUT2D eigenvalue weighted by atomic mass is 9.91. The molecule has 1 atom stereocenters. The van der Waals surface area contributed by atoms with Crippen molar-refractivity contribution in [2.24, 2.45) is 0 Å². The molecule has 0 radical (unpaired) electrons. The van der Waals surface area contributed by atoms with Crippen LogP contribution in [0, 0.1) is 0 Å². The van der Waals surface area contributed by atoms with Gasteiger partial charge in [-0.1, -0.05) is 6.07 Å². The first-order valence-electron chi connectivity index (χ1n) is 5.85. The first kappa shape index (κ1) is 11.4. The lowest BCUT2D eigenvalue weighted by Crippen LogP contribution is -2.29. The van der Waals surface area contributed by atoms with Crippen LogP contribution < -0.4 is 5.32 Å². The number of hydrogen-bond acceptors (Lipinski definition) is 3. The Balaban J connectivity index is 2.09. The Morgan fingerprint density at radius 1 is 1.50 bits per heavy atom. The number of nitrogens with one attached hydrogen (secondary N) is 1. The zero-order valence-electron chi connectivity index (χ0n) is 9.70. The third-order valence-corrected chi connectivity index (χ3v) is 3.13. The van der Waals surface area contributed by atoms with Gasteiger partial charge < -0.3 is 15.2 Å². The van der Waals surface area contributed by atoms with Crippen molar-refractivity contribution in [3.8, 4) is 5.75 Å². The Morgan fingerprint density at radius 2 is 2.38 bits per heavy atom. The fraction of sp³-hybridized carbons (Fsp3) is 0.538. The van der Waals surface area contributed by atoms with Crippen LogP contribution in [0.15, 0.2) is 18.2 Å². The van der Waals surface area contributed by atoms with Gasteiger partial charge in [0.2, 0.25) is 0 Å². The highest BCUT2D eigenvalue weighted by Crippen LogP contribution is 2.29. The van der Waals surface area contributed by atoms with Crippen LogP contribution in [-0.4, -0.2) is 25.4 Å². The Bertz CT molecular complexity index is 352. The second-order valence-corrected chi connectivity index (χ2v) is 4.27. The maximum absolute atomic E-state index is 9.53. The summed E-state index contributed by atoms with van der Waals surface area (Å²) in [5.41, 5.74) is 2.61. The predicted molar refractivity (Wildman–Crippen MR) is 63.7 cm³/mol. The molecule has 0 fully saturated rings. The van der Waals surface area contributed by atoms with E-state index in [1.165, 1.54) is 11.1 Å². The van der Waals surface area contributed by atoms with Crippen molar-refractivity contribution in [1.82, 2.24) is 5.32 Å². The molecule has 2 rings (SSSR count). The highest BCUT2D eigenvalue weighted by atomic mass is 16.5. The van der Waals surface area contributed by atoms with Gasteiger partial charge in [-0.2, -0.15) is 0 Å². The van der Waals surface area contributed by atoms with Crippen LogP contribution in [0.5, 0.6) is 5.75 Å². The van der Waals surface area contributed by atoms with E-state index in [1.54, 1.807) is 13.2 Å². The number of aromatic hydroxyl groups is 1. The number of phenolic OH excluding ortho intramolecular Hbond substituents is 1. The summed E-state index contributed by atoms with van der Waals surface area (Å²) in [6.07, 6.45) is 3.16. The number of phenols is 1. The van der Waals surface area contributed by atoms with Gasteiger partial charge in [0, 0.05) is 19.8 Å². The van der Waals surface area contributed by atoms with Gasteiger partial charge in [-0.05, 0) is 49.1 Å². The van der Waals surface area contributed by atoms with E-state index in [4.69, 9.17) is 4.74 Å². The predicted octanol–water partition coefficient (Wildman–Crippen LogP) is 2.01. The topological polar surface area (TPSA) is 41.5 Å². The summed E-state index contributed by atoms with van der Waals surface area (Å²) in [6, 6.07) is 6.07. The van der Waals surface area contributed by atoms with E-state index in [-0.39, 0.29) is 0 Å². The number of fused-ring (bicyclic) bond motifs is 1.